The van der Waals surface area contributed by atoms with Crippen molar-refractivity contribution in [1.29, 1.82) is 0 Å². The fourth-order valence-corrected chi connectivity index (χ4v) is 4.16. The monoisotopic (exact) mass is 390 g/mol. The van der Waals surface area contributed by atoms with Gasteiger partial charge in [-0.1, -0.05) is 53.8 Å². The van der Waals surface area contributed by atoms with Gasteiger partial charge in [-0.15, -0.1) is 0 Å². The first kappa shape index (κ1) is 18.4. The summed E-state index contributed by atoms with van der Waals surface area (Å²) < 4.78 is 2.58. The highest BCUT2D eigenvalue weighted by Gasteiger charge is 2.22. The van der Waals surface area contributed by atoms with Crippen LogP contribution in [-0.4, -0.2) is 26.0 Å². The SMILES string of the molecule is CC(=NC(C)(C)C)c1c(-c2ccccc2)[nH]n(-c2nc3ccccc3s2)c1=O. The van der Waals surface area contributed by atoms with Gasteiger partial charge >= 0.3 is 0 Å². The molecule has 0 amide bonds. The van der Waals surface area contributed by atoms with Crippen LogP contribution < -0.4 is 5.56 Å². The van der Waals surface area contributed by atoms with E-state index in [1.165, 1.54) is 16.0 Å². The van der Waals surface area contributed by atoms with Crippen molar-refractivity contribution in [3.8, 4) is 16.4 Å². The summed E-state index contributed by atoms with van der Waals surface area (Å²) in [5.74, 6) is 0. The lowest BCUT2D eigenvalue weighted by molar-refractivity contribution is 0.584. The Labute approximate surface area is 167 Å². The molecule has 0 saturated carbocycles. The Balaban J connectivity index is 1.97. The van der Waals surface area contributed by atoms with Crippen LogP contribution in [0.25, 0.3) is 26.6 Å². The maximum atomic E-state index is 13.4. The van der Waals surface area contributed by atoms with Crippen LogP contribution >= 0.6 is 11.3 Å². The van der Waals surface area contributed by atoms with Gasteiger partial charge in [-0.05, 0) is 39.8 Å². The molecule has 0 atom stereocenters. The van der Waals surface area contributed by atoms with Crippen molar-refractivity contribution in [2.45, 2.75) is 33.2 Å². The van der Waals surface area contributed by atoms with Crippen molar-refractivity contribution in [3.05, 3.63) is 70.5 Å². The van der Waals surface area contributed by atoms with Crippen LogP contribution in [0.2, 0.25) is 0 Å². The Morgan fingerprint density at radius 2 is 1.75 bits per heavy atom. The fraction of sp³-hybridized carbons (Fsp3) is 0.227. The molecule has 4 rings (SSSR count). The van der Waals surface area contributed by atoms with E-state index in [-0.39, 0.29) is 11.1 Å². The number of para-hydroxylation sites is 1. The highest BCUT2D eigenvalue weighted by Crippen LogP contribution is 2.26. The average molecular weight is 391 g/mol. The lowest BCUT2D eigenvalue weighted by atomic mass is 10.0. The van der Waals surface area contributed by atoms with Gasteiger partial charge < -0.3 is 0 Å². The van der Waals surface area contributed by atoms with Gasteiger partial charge in [0.15, 0.2) is 0 Å². The smallest absolute Gasteiger partial charge is 0.283 e. The summed E-state index contributed by atoms with van der Waals surface area (Å²) in [6.45, 7) is 7.97. The number of thiazole rings is 1. The van der Waals surface area contributed by atoms with Crippen molar-refractivity contribution in [2.75, 3.05) is 0 Å². The number of nitrogens with zero attached hydrogens (tertiary/aromatic N) is 3. The number of hydrogen-bond acceptors (Lipinski definition) is 4. The van der Waals surface area contributed by atoms with E-state index in [1.807, 2.05) is 82.3 Å². The number of nitrogens with one attached hydrogen (secondary N) is 1. The lowest BCUT2D eigenvalue weighted by Gasteiger charge is -2.13. The molecule has 0 fully saturated rings. The first-order chi connectivity index (χ1) is 13.3. The molecule has 1 N–H and O–H groups in total. The Hall–Kier alpha value is -2.99. The molecule has 2 aromatic carbocycles. The van der Waals surface area contributed by atoms with Gasteiger partial charge in [0.1, 0.15) is 0 Å². The molecule has 0 aliphatic carbocycles. The zero-order chi connectivity index (χ0) is 19.9. The molecule has 0 saturated heterocycles. The van der Waals surface area contributed by atoms with Crippen LogP contribution in [-0.2, 0) is 0 Å². The van der Waals surface area contributed by atoms with Crippen molar-refractivity contribution >= 4 is 27.3 Å². The van der Waals surface area contributed by atoms with Crippen LogP contribution in [0.5, 0.6) is 0 Å². The highest BCUT2D eigenvalue weighted by molar-refractivity contribution is 7.20. The molecule has 0 aliphatic rings. The molecule has 5 nitrogen and oxygen atoms in total. The quantitative estimate of drug-likeness (QED) is 0.498. The van der Waals surface area contributed by atoms with Gasteiger partial charge in [-0.3, -0.25) is 14.9 Å². The molecule has 2 aromatic heterocycles. The number of hydrogen-bond donors (Lipinski definition) is 1. The molecule has 0 aliphatic heterocycles. The zero-order valence-corrected chi connectivity index (χ0v) is 17.2. The lowest BCUT2D eigenvalue weighted by Crippen LogP contribution is -2.21. The molecule has 0 spiro atoms. The average Bonchev–Trinajstić information content (AvgIpc) is 3.21. The van der Waals surface area contributed by atoms with Gasteiger partial charge in [0.25, 0.3) is 5.56 Å². The van der Waals surface area contributed by atoms with Crippen LogP contribution in [0.3, 0.4) is 0 Å². The first-order valence-electron chi connectivity index (χ1n) is 9.17. The first-order valence-corrected chi connectivity index (χ1v) is 9.98. The topological polar surface area (TPSA) is 63.0 Å². The molecule has 0 bridgehead atoms. The summed E-state index contributed by atoms with van der Waals surface area (Å²) in [4.78, 5) is 22.8. The predicted octanol–water partition coefficient (Wildman–Crippen LogP) is 5.05. The van der Waals surface area contributed by atoms with Gasteiger partial charge in [-0.25, -0.2) is 4.98 Å². The van der Waals surface area contributed by atoms with E-state index < -0.39 is 0 Å². The zero-order valence-electron chi connectivity index (χ0n) is 16.4. The summed E-state index contributed by atoms with van der Waals surface area (Å²) in [5, 5.41) is 3.90. The number of benzene rings is 2. The van der Waals surface area contributed by atoms with E-state index in [0.29, 0.717) is 16.4 Å². The largest absolute Gasteiger partial charge is 0.288 e. The molecular formula is C22H22N4OS. The normalized spacial score (nSPS) is 12.6. The van der Waals surface area contributed by atoms with Crippen LogP contribution in [0, 0.1) is 0 Å². The molecule has 0 unspecified atom stereocenters. The minimum atomic E-state index is -0.275. The second kappa shape index (κ2) is 6.87. The molecule has 28 heavy (non-hydrogen) atoms. The van der Waals surface area contributed by atoms with Gasteiger partial charge in [0.2, 0.25) is 5.13 Å². The third-order valence-corrected chi connectivity index (χ3v) is 5.31. The van der Waals surface area contributed by atoms with Gasteiger partial charge in [0.05, 0.1) is 27.0 Å². The van der Waals surface area contributed by atoms with Crippen molar-refractivity contribution in [1.82, 2.24) is 14.8 Å². The van der Waals surface area contributed by atoms with E-state index in [9.17, 15) is 4.79 Å². The number of rotatable bonds is 3. The Bertz CT molecular complexity index is 1190. The third-order valence-electron chi connectivity index (χ3n) is 4.29. The molecule has 142 valence electrons. The number of fused-ring (bicyclic) bond motifs is 1. The standard InChI is InChI=1S/C22H22N4OS/c1-14(24-22(2,3)4)18-19(15-10-6-5-7-11-15)25-26(20(18)27)21-23-16-12-8-9-13-17(16)28-21/h5-13,25H,1-4H3. The minimum Gasteiger partial charge on any atom is -0.288 e. The minimum absolute atomic E-state index is 0.136. The van der Waals surface area contributed by atoms with E-state index in [0.717, 1.165) is 21.5 Å². The molecule has 0 radical (unpaired) electrons. The van der Waals surface area contributed by atoms with E-state index in [2.05, 4.69) is 10.1 Å². The molecule has 4 aromatic rings. The van der Waals surface area contributed by atoms with Gasteiger partial charge in [-0.2, -0.15) is 4.68 Å². The van der Waals surface area contributed by atoms with E-state index in [4.69, 9.17) is 4.99 Å². The second-order valence-electron chi connectivity index (χ2n) is 7.70. The van der Waals surface area contributed by atoms with Crippen molar-refractivity contribution in [2.24, 2.45) is 4.99 Å². The Morgan fingerprint density at radius 1 is 1.07 bits per heavy atom. The summed E-state index contributed by atoms with van der Waals surface area (Å²) in [6, 6.07) is 17.7. The summed E-state index contributed by atoms with van der Waals surface area (Å²) in [7, 11) is 0. The summed E-state index contributed by atoms with van der Waals surface area (Å²) >= 11 is 1.49. The Morgan fingerprint density at radius 3 is 2.43 bits per heavy atom. The van der Waals surface area contributed by atoms with E-state index in [1.54, 1.807) is 0 Å². The third kappa shape index (κ3) is 3.43. The number of aromatic nitrogens is 3. The van der Waals surface area contributed by atoms with E-state index >= 15 is 0 Å². The van der Waals surface area contributed by atoms with Gasteiger partial charge in [0, 0.05) is 11.3 Å². The van der Waals surface area contributed by atoms with Crippen LogP contribution in [0.1, 0.15) is 33.3 Å². The maximum Gasteiger partial charge on any atom is 0.283 e. The maximum absolute atomic E-state index is 13.4. The Kier molecular flexibility index (Phi) is 4.51. The summed E-state index contributed by atoms with van der Waals surface area (Å²) in [5.41, 5.74) is 3.47. The molecule has 2 heterocycles. The fourth-order valence-electron chi connectivity index (χ4n) is 3.24. The molecular weight excluding hydrogens is 368 g/mol. The predicted molar refractivity (Wildman–Crippen MR) is 117 cm³/mol. The highest BCUT2D eigenvalue weighted by atomic mass is 32.1. The van der Waals surface area contributed by atoms with Crippen molar-refractivity contribution in [3.63, 3.8) is 0 Å². The van der Waals surface area contributed by atoms with Crippen LogP contribution in [0.15, 0.2) is 64.4 Å². The summed E-state index contributed by atoms with van der Waals surface area (Å²) in [6.07, 6.45) is 0. The van der Waals surface area contributed by atoms with Crippen molar-refractivity contribution < 1.29 is 0 Å². The second-order valence-corrected chi connectivity index (χ2v) is 8.71. The molecule has 6 heteroatoms. The van der Waals surface area contributed by atoms with Crippen LogP contribution in [0.4, 0.5) is 0 Å². The number of H-pyrrole nitrogens is 1. The number of aliphatic imine (C=N–C) groups is 1. The number of aromatic amines is 1.